The van der Waals surface area contributed by atoms with E-state index in [0.717, 1.165) is 31.7 Å². The van der Waals surface area contributed by atoms with Crippen LogP contribution in [0.3, 0.4) is 0 Å². The molecule has 0 spiro atoms. The fourth-order valence-corrected chi connectivity index (χ4v) is 4.73. The Labute approximate surface area is 142 Å². The molecule has 0 bridgehead atoms. The first-order valence-corrected chi connectivity index (χ1v) is 9.81. The highest BCUT2D eigenvalue weighted by atomic mass is 32.2. The van der Waals surface area contributed by atoms with E-state index in [1.54, 1.807) is 11.8 Å². The summed E-state index contributed by atoms with van der Waals surface area (Å²) in [5.74, 6) is 0.548. The third-order valence-corrected chi connectivity index (χ3v) is 6.31. The van der Waals surface area contributed by atoms with Crippen molar-refractivity contribution in [1.29, 1.82) is 0 Å². The number of carbonyl (C=O) groups is 1. The number of carbonyl (C=O) groups excluding carboxylic acids is 1. The molecule has 0 radical (unpaired) electrons. The summed E-state index contributed by atoms with van der Waals surface area (Å²) in [5, 5.41) is 3.30. The normalized spacial score (nSPS) is 33.3. The molecule has 1 aromatic carbocycles. The molecule has 3 aliphatic rings. The second kappa shape index (κ2) is 6.46. The van der Waals surface area contributed by atoms with E-state index in [0.29, 0.717) is 18.1 Å². The smallest absolute Gasteiger partial charge is 0.251 e. The average Bonchev–Trinajstić information content (AvgIpc) is 3.23. The standard InChI is InChI=1S/C18H24N2O2S/c1-23-13-6-4-12(5-7-13)18(21)19-15-14-8-11-22-17(14)16(15)20-9-2-3-10-20/h4-7,14-17H,2-3,8-11H2,1H3,(H,19,21)/t14-,15+,16-,17-/m1/s1. The molecule has 4 atom stereocenters. The Morgan fingerprint density at radius 2 is 2.00 bits per heavy atom. The van der Waals surface area contributed by atoms with Crippen LogP contribution in [0.5, 0.6) is 0 Å². The van der Waals surface area contributed by atoms with Crippen molar-refractivity contribution >= 4 is 17.7 Å². The van der Waals surface area contributed by atoms with Gasteiger partial charge >= 0.3 is 0 Å². The topological polar surface area (TPSA) is 41.6 Å². The lowest BCUT2D eigenvalue weighted by molar-refractivity contribution is -0.0747. The van der Waals surface area contributed by atoms with Crippen LogP contribution in [0.4, 0.5) is 0 Å². The van der Waals surface area contributed by atoms with Gasteiger partial charge in [0.15, 0.2) is 0 Å². The fraction of sp³-hybridized carbons (Fsp3) is 0.611. The number of nitrogens with one attached hydrogen (secondary N) is 1. The highest BCUT2D eigenvalue weighted by molar-refractivity contribution is 7.98. The van der Waals surface area contributed by atoms with Crippen LogP contribution in [0.25, 0.3) is 0 Å². The average molecular weight is 332 g/mol. The number of thioether (sulfide) groups is 1. The molecule has 1 aliphatic carbocycles. The van der Waals surface area contributed by atoms with Crippen molar-refractivity contribution < 1.29 is 9.53 Å². The molecular formula is C18H24N2O2S. The lowest BCUT2D eigenvalue weighted by Crippen LogP contribution is -2.70. The van der Waals surface area contributed by atoms with Crippen molar-refractivity contribution in [3.05, 3.63) is 29.8 Å². The molecule has 2 saturated heterocycles. The predicted octanol–water partition coefficient (Wildman–Crippen LogP) is 2.39. The van der Waals surface area contributed by atoms with Crippen LogP contribution in [0.1, 0.15) is 29.6 Å². The van der Waals surface area contributed by atoms with E-state index in [9.17, 15) is 4.79 Å². The Morgan fingerprint density at radius 1 is 1.26 bits per heavy atom. The van der Waals surface area contributed by atoms with Gasteiger partial charge in [-0.15, -0.1) is 11.8 Å². The highest BCUT2D eigenvalue weighted by Crippen LogP contribution is 2.42. The van der Waals surface area contributed by atoms with Crippen LogP contribution in [-0.4, -0.2) is 54.9 Å². The van der Waals surface area contributed by atoms with Crippen LogP contribution in [0.2, 0.25) is 0 Å². The number of nitrogens with zero attached hydrogens (tertiary/aromatic N) is 1. The summed E-state index contributed by atoms with van der Waals surface area (Å²) in [7, 11) is 0. The third-order valence-electron chi connectivity index (χ3n) is 5.56. The monoisotopic (exact) mass is 332 g/mol. The molecule has 1 saturated carbocycles. The van der Waals surface area contributed by atoms with Gasteiger partial charge in [0, 0.05) is 23.0 Å². The van der Waals surface area contributed by atoms with Crippen molar-refractivity contribution in [3.63, 3.8) is 0 Å². The number of amides is 1. The van der Waals surface area contributed by atoms with Gasteiger partial charge in [0.2, 0.25) is 0 Å². The van der Waals surface area contributed by atoms with E-state index in [1.165, 1.54) is 17.7 Å². The Hall–Kier alpha value is -1.04. The van der Waals surface area contributed by atoms with E-state index >= 15 is 0 Å². The van der Waals surface area contributed by atoms with E-state index in [2.05, 4.69) is 10.2 Å². The van der Waals surface area contributed by atoms with E-state index in [4.69, 9.17) is 4.74 Å². The molecule has 5 heteroatoms. The minimum atomic E-state index is 0.0530. The number of ether oxygens (including phenoxy) is 1. The fourth-order valence-electron chi connectivity index (χ4n) is 4.32. The van der Waals surface area contributed by atoms with Crippen molar-refractivity contribution in [2.75, 3.05) is 26.0 Å². The van der Waals surface area contributed by atoms with Crippen LogP contribution in [-0.2, 0) is 4.74 Å². The molecule has 0 aromatic heterocycles. The van der Waals surface area contributed by atoms with Gasteiger partial charge in [-0.25, -0.2) is 0 Å². The number of benzene rings is 1. The summed E-state index contributed by atoms with van der Waals surface area (Å²) in [5.41, 5.74) is 0.755. The summed E-state index contributed by atoms with van der Waals surface area (Å²) in [6.45, 7) is 3.13. The zero-order chi connectivity index (χ0) is 15.8. The molecule has 1 aromatic rings. The zero-order valence-electron chi connectivity index (χ0n) is 13.5. The summed E-state index contributed by atoms with van der Waals surface area (Å²) in [4.78, 5) is 16.3. The van der Waals surface area contributed by atoms with Gasteiger partial charge < -0.3 is 10.1 Å². The molecule has 4 nitrogen and oxygen atoms in total. The van der Waals surface area contributed by atoms with Gasteiger partial charge in [0.1, 0.15) is 0 Å². The summed E-state index contributed by atoms with van der Waals surface area (Å²) >= 11 is 1.69. The van der Waals surface area contributed by atoms with Gasteiger partial charge in [-0.05, 0) is 62.9 Å². The molecule has 1 N–H and O–H groups in total. The van der Waals surface area contributed by atoms with Crippen LogP contribution in [0.15, 0.2) is 29.2 Å². The second-order valence-corrected chi connectivity index (χ2v) is 7.63. The molecule has 4 rings (SSSR count). The maximum atomic E-state index is 12.6. The Kier molecular flexibility index (Phi) is 4.35. The molecule has 2 aliphatic heterocycles. The van der Waals surface area contributed by atoms with Crippen molar-refractivity contribution in [1.82, 2.24) is 10.2 Å². The van der Waals surface area contributed by atoms with Gasteiger partial charge in [-0.1, -0.05) is 0 Å². The largest absolute Gasteiger partial charge is 0.376 e. The van der Waals surface area contributed by atoms with E-state index in [1.807, 2.05) is 30.5 Å². The van der Waals surface area contributed by atoms with Gasteiger partial charge in [0.25, 0.3) is 5.91 Å². The number of hydrogen-bond donors (Lipinski definition) is 1. The Bertz CT molecular complexity index is 566. The number of hydrogen-bond acceptors (Lipinski definition) is 4. The van der Waals surface area contributed by atoms with Crippen LogP contribution in [0, 0.1) is 5.92 Å². The molecule has 124 valence electrons. The SMILES string of the molecule is CSc1ccc(C(=O)N[C@H]2[C@H]3CCO[C@H]3[C@@H]2N2CCCC2)cc1. The first kappa shape index (κ1) is 15.5. The first-order valence-electron chi connectivity index (χ1n) is 8.58. The molecule has 3 fully saturated rings. The van der Waals surface area contributed by atoms with E-state index < -0.39 is 0 Å². The Morgan fingerprint density at radius 3 is 2.70 bits per heavy atom. The maximum absolute atomic E-state index is 12.6. The summed E-state index contributed by atoms with van der Waals surface area (Å²) in [6, 6.07) is 8.49. The molecule has 2 heterocycles. The minimum absolute atomic E-state index is 0.0530. The Balaban J connectivity index is 1.46. The first-order chi connectivity index (χ1) is 11.3. The second-order valence-electron chi connectivity index (χ2n) is 6.75. The number of fused-ring (bicyclic) bond motifs is 1. The summed E-state index contributed by atoms with van der Waals surface area (Å²) in [6.07, 6.45) is 5.99. The van der Waals surface area contributed by atoms with Crippen molar-refractivity contribution in [2.24, 2.45) is 5.92 Å². The van der Waals surface area contributed by atoms with Gasteiger partial charge in [-0.3, -0.25) is 9.69 Å². The number of likely N-dealkylation sites (tertiary alicyclic amines) is 1. The van der Waals surface area contributed by atoms with Crippen LogP contribution >= 0.6 is 11.8 Å². The van der Waals surface area contributed by atoms with Crippen molar-refractivity contribution in [3.8, 4) is 0 Å². The zero-order valence-corrected chi connectivity index (χ0v) is 14.3. The highest BCUT2D eigenvalue weighted by Gasteiger charge is 2.56. The lowest BCUT2D eigenvalue weighted by atomic mass is 9.70. The summed E-state index contributed by atoms with van der Waals surface area (Å²) < 4.78 is 5.93. The quantitative estimate of drug-likeness (QED) is 0.860. The molecule has 1 amide bonds. The maximum Gasteiger partial charge on any atom is 0.251 e. The third kappa shape index (κ3) is 2.79. The molecule has 0 unspecified atom stereocenters. The predicted molar refractivity (Wildman–Crippen MR) is 91.9 cm³/mol. The van der Waals surface area contributed by atoms with Gasteiger partial charge in [0.05, 0.1) is 18.2 Å². The van der Waals surface area contributed by atoms with Crippen molar-refractivity contribution in [2.45, 2.75) is 42.3 Å². The lowest BCUT2D eigenvalue weighted by Gasteiger charge is -2.51. The molecular weight excluding hydrogens is 308 g/mol. The molecule has 23 heavy (non-hydrogen) atoms. The van der Waals surface area contributed by atoms with Gasteiger partial charge in [-0.2, -0.15) is 0 Å². The van der Waals surface area contributed by atoms with Crippen LogP contribution < -0.4 is 5.32 Å². The minimum Gasteiger partial charge on any atom is -0.376 e. The number of rotatable bonds is 4. The van der Waals surface area contributed by atoms with E-state index in [-0.39, 0.29) is 11.9 Å².